The summed E-state index contributed by atoms with van der Waals surface area (Å²) in [5, 5.41) is 8.09. The highest BCUT2D eigenvalue weighted by Gasteiger charge is 2.15. The first-order valence-electron chi connectivity index (χ1n) is 6.64. The summed E-state index contributed by atoms with van der Waals surface area (Å²) in [5.74, 6) is 0.896. The molecule has 108 valence electrons. The van der Waals surface area contributed by atoms with E-state index in [9.17, 15) is 0 Å². The van der Waals surface area contributed by atoms with Crippen LogP contribution in [0.5, 0.6) is 5.75 Å². The second kappa shape index (κ2) is 5.79. The second-order valence-corrected chi connectivity index (χ2v) is 6.57. The first kappa shape index (κ1) is 14.8. The van der Waals surface area contributed by atoms with E-state index in [0.717, 1.165) is 22.0 Å². The van der Waals surface area contributed by atoms with Crippen LogP contribution in [0.15, 0.2) is 18.2 Å². The van der Waals surface area contributed by atoms with Crippen LogP contribution in [0.2, 0.25) is 0 Å². The van der Waals surface area contributed by atoms with Crippen molar-refractivity contribution in [2.24, 2.45) is 0 Å². The standard InChI is InChI=1S/C15H21N3OS/c1-10-8-11(15(2,3)4)6-7-13(10)19-9-12-14(16-5)20-18-17-12/h6-8,16H,9H2,1-5H3. The highest BCUT2D eigenvalue weighted by atomic mass is 32.1. The number of ether oxygens (including phenoxy) is 1. The zero-order chi connectivity index (χ0) is 14.8. The van der Waals surface area contributed by atoms with E-state index in [1.54, 1.807) is 0 Å². The van der Waals surface area contributed by atoms with Crippen molar-refractivity contribution >= 4 is 16.5 Å². The molecule has 0 aliphatic rings. The molecule has 5 heteroatoms. The van der Waals surface area contributed by atoms with E-state index < -0.39 is 0 Å². The SMILES string of the molecule is CNc1snnc1COc1ccc(C(C)(C)C)cc1C. The van der Waals surface area contributed by atoms with Crippen LogP contribution in [0.3, 0.4) is 0 Å². The maximum atomic E-state index is 5.86. The Labute approximate surface area is 124 Å². The van der Waals surface area contributed by atoms with Crippen molar-refractivity contribution in [1.29, 1.82) is 0 Å². The fourth-order valence-electron chi connectivity index (χ4n) is 1.92. The van der Waals surface area contributed by atoms with Crippen LogP contribution in [0.4, 0.5) is 5.00 Å². The molecule has 1 aromatic carbocycles. The lowest BCUT2D eigenvalue weighted by molar-refractivity contribution is 0.299. The predicted octanol–water partition coefficient (Wildman–Crippen LogP) is 3.76. The smallest absolute Gasteiger partial charge is 0.136 e. The fraction of sp³-hybridized carbons (Fsp3) is 0.467. The molecule has 0 spiro atoms. The minimum atomic E-state index is 0.154. The summed E-state index contributed by atoms with van der Waals surface area (Å²) in [4.78, 5) is 0. The predicted molar refractivity (Wildman–Crippen MR) is 83.7 cm³/mol. The number of nitrogens with zero attached hydrogens (tertiary/aromatic N) is 2. The molecule has 0 saturated carbocycles. The molecule has 0 fully saturated rings. The maximum Gasteiger partial charge on any atom is 0.136 e. The van der Waals surface area contributed by atoms with E-state index in [2.05, 4.69) is 54.7 Å². The zero-order valence-electron chi connectivity index (χ0n) is 12.7. The van der Waals surface area contributed by atoms with Gasteiger partial charge in [0.05, 0.1) is 0 Å². The van der Waals surface area contributed by atoms with Crippen molar-refractivity contribution in [3.8, 4) is 5.75 Å². The van der Waals surface area contributed by atoms with Crippen LogP contribution in [0.1, 0.15) is 37.6 Å². The van der Waals surface area contributed by atoms with Gasteiger partial charge in [-0.05, 0) is 29.5 Å². The molecule has 0 aliphatic heterocycles. The second-order valence-electron chi connectivity index (χ2n) is 5.82. The van der Waals surface area contributed by atoms with Gasteiger partial charge in [0, 0.05) is 18.6 Å². The quantitative estimate of drug-likeness (QED) is 0.931. The van der Waals surface area contributed by atoms with Crippen molar-refractivity contribution in [3.63, 3.8) is 0 Å². The molecule has 4 nitrogen and oxygen atoms in total. The number of aromatic nitrogens is 2. The van der Waals surface area contributed by atoms with Crippen LogP contribution in [-0.4, -0.2) is 16.6 Å². The van der Waals surface area contributed by atoms with Crippen molar-refractivity contribution in [1.82, 2.24) is 9.59 Å². The normalized spacial score (nSPS) is 11.4. The van der Waals surface area contributed by atoms with Crippen molar-refractivity contribution in [2.45, 2.75) is 39.7 Å². The van der Waals surface area contributed by atoms with Crippen molar-refractivity contribution in [3.05, 3.63) is 35.0 Å². The van der Waals surface area contributed by atoms with E-state index in [1.165, 1.54) is 17.1 Å². The molecule has 1 N–H and O–H groups in total. The number of rotatable bonds is 4. The van der Waals surface area contributed by atoms with Gasteiger partial charge in [0.2, 0.25) is 0 Å². The third kappa shape index (κ3) is 3.28. The summed E-state index contributed by atoms with van der Waals surface area (Å²) in [5.41, 5.74) is 3.46. The van der Waals surface area contributed by atoms with Gasteiger partial charge in [0.25, 0.3) is 0 Å². The van der Waals surface area contributed by atoms with Crippen LogP contribution in [0.25, 0.3) is 0 Å². The summed E-state index contributed by atoms with van der Waals surface area (Å²) in [7, 11) is 1.86. The van der Waals surface area contributed by atoms with Crippen LogP contribution >= 0.6 is 11.5 Å². The number of nitrogens with one attached hydrogen (secondary N) is 1. The molecular formula is C15H21N3OS. The van der Waals surface area contributed by atoms with Crippen molar-refractivity contribution in [2.75, 3.05) is 12.4 Å². The minimum absolute atomic E-state index is 0.154. The van der Waals surface area contributed by atoms with Gasteiger partial charge >= 0.3 is 0 Å². The van der Waals surface area contributed by atoms with E-state index in [4.69, 9.17) is 4.74 Å². The molecule has 1 heterocycles. The summed E-state index contributed by atoms with van der Waals surface area (Å²) >= 11 is 1.34. The molecule has 0 radical (unpaired) electrons. The molecule has 0 aliphatic carbocycles. The highest BCUT2D eigenvalue weighted by molar-refractivity contribution is 7.10. The van der Waals surface area contributed by atoms with Gasteiger partial charge in [-0.1, -0.05) is 37.4 Å². The largest absolute Gasteiger partial charge is 0.487 e. The van der Waals surface area contributed by atoms with Gasteiger partial charge in [-0.3, -0.25) is 0 Å². The van der Waals surface area contributed by atoms with Gasteiger partial charge in [0.15, 0.2) is 0 Å². The number of hydrogen-bond acceptors (Lipinski definition) is 5. The Morgan fingerprint density at radius 1 is 1.30 bits per heavy atom. The Morgan fingerprint density at radius 3 is 2.65 bits per heavy atom. The molecule has 2 aromatic rings. The molecule has 0 saturated heterocycles. The van der Waals surface area contributed by atoms with Gasteiger partial charge < -0.3 is 10.1 Å². The summed E-state index contributed by atoms with van der Waals surface area (Å²) in [6.45, 7) is 9.14. The van der Waals surface area contributed by atoms with E-state index in [1.807, 2.05) is 13.1 Å². The molecular weight excluding hydrogens is 270 g/mol. The molecule has 0 bridgehead atoms. The highest BCUT2D eigenvalue weighted by Crippen LogP contribution is 2.28. The van der Waals surface area contributed by atoms with Gasteiger partial charge in [-0.15, -0.1) is 5.10 Å². The third-order valence-corrected chi connectivity index (χ3v) is 3.97. The third-order valence-electron chi connectivity index (χ3n) is 3.19. The average Bonchev–Trinajstić information content (AvgIpc) is 2.83. The van der Waals surface area contributed by atoms with Crippen LogP contribution in [-0.2, 0) is 12.0 Å². The Kier molecular flexibility index (Phi) is 4.28. The molecule has 0 atom stereocenters. The Morgan fingerprint density at radius 2 is 2.05 bits per heavy atom. The van der Waals surface area contributed by atoms with E-state index in [0.29, 0.717) is 6.61 Å². The zero-order valence-corrected chi connectivity index (χ0v) is 13.5. The monoisotopic (exact) mass is 291 g/mol. The number of hydrogen-bond donors (Lipinski definition) is 1. The fourth-order valence-corrected chi connectivity index (χ4v) is 2.43. The lowest BCUT2D eigenvalue weighted by Gasteiger charge is -2.20. The molecule has 1 aromatic heterocycles. The first-order chi connectivity index (χ1) is 9.41. The van der Waals surface area contributed by atoms with Gasteiger partial charge in [-0.25, -0.2) is 0 Å². The topological polar surface area (TPSA) is 47.0 Å². The van der Waals surface area contributed by atoms with E-state index in [-0.39, 0.29) is 5.41 Å². The van der Waals surface area contributed by atoms with Gasteiger partial charge in [0.1, 0.15) is 23.1 Å². The lowest BCUT2D eigenvalue weighted by Crippen LogP contribution is -2.11. The van der Waals surface area contributed by atoms with Crippen molar-refractivity contribution < 1.29 is 4.74 Å². The lowest BCUT2D eigenvalue weighted by atomic mass is 9.86. The average molecular weight is 291 g/mol. The van der Waals surface area contributed by atoms with Gasteiger partial charge in [-0.2, -0.15) is 0 Å². The summed E-state index contributed by atoms with van der Waals surface area (Å²) in [6.07, 6.45) is 0. The number of benzene rings is 1. The van der Waals surface area contributed by atoms with E-state index >= 15 is 0 Å². The maximum absolute atomic E-state index is 5.86. The molecule has 2 rings (SSSR count). The number of aryl methyl sites for hydroxylation is 1. The van der Waals surface area contributed by atoms with Crippen LogP contribution in [0, 0.1) is 6.92 Å². The molecule has 0 amide bonds. The summed E-state index contributed by atoms with van der Waals surface area (Å²) < 4.78 is 9.78. The Bertz CT molecular complexity index is 587. The Hall–Kier alpha value is -1.62. The Balaban J connectivity index is 2.11. The first-order valence-corrected chi connectivity index (χ1v) is 7.42. The van der Waals surface area contributed by atoms with Crippen LogP contribution < -0.4 is 10.1 Å². The number of anilines is 1. The minimum Gasteiger partial charge on any atom is -0.487 e. The molecule has 0 unspecified atom stereocenters. The summed E-state index contributed by atoms with van der Waals surface area (Å²) in [6, 6.07) is 6.35. The molecule has 20 heavy (non-hydrogen) atoms.